The molecule has 1 unspecified atom stereocenters. The number of fused-ring (bicyclic) bond motifs is 1. The van der Waals surface area contributed by atoms with Gasteiger partial charge < -0.3 is 4.74 Å². The fraction of sp³-hybridized carbons (Fsp3) is 0.500. The van der Waals surface area contributed by atoms with E-state index in [1.165, 1.54) is 10.3 Å². The van der Waals surface area contributed by atoms with Gasteiger partial charge in [-0.2, -0.15) is 0 Å². The molecule has 112 valence electrons. The number of nitrogens with zero attached hydrogens (tertiary/aromatic N) is 2. The van der Waals surface area contributed by atoms with Crippen molar-refractivity contribution in [3.05, 3.63) is 23.3 Å². The second kappa shape index (κ2) is 5.73. The summed E-state index contributed by atoms with van der Waals surface area (Å²) in [5.41, 5.74) is 3.37. The van der Waals surface area contributed by atoms with Gasteiger partial charge in [-0.3, -0.25) is 9.69 Å². The molecule has 1 amide bonds. The molecule has 1 saturated heterocycles. The van der Waals surface area contributed by atoms with Gasteiger partial charge in [0.25, 0.3) is 0 Å². The standard InChI is InChI=1S/C16H20N2O2S/c1-10-6-7-11(2)15-14(10)17-16(21-15)18(12(3)19)9-13-5-4-8-20-13/h6-7,13H,4-5,8-9H2,1-3H3. The van der Waals surface area contributed by atoms with Gasteiger partial charge in [0.15, 0.2) is 5.13 Å². The summed E-state index contributed by atoms with van der Waals surface area (Å²) >= 11 is 1.60. The summed E-state index contributed by atoms with van der Waals surface area (Å²) in [5, 5.41) is 0.783. The van der Waals surface area contributed by atoms with Gasteiger partial charge >= 0.3 is 0 Å². The van der Waals surface area contributed by atoms with E-state index in [9.17, 15) is 4.79 Å². The van der Waals surface area contributed by atoms with Crippen LogP contribution in [-0.2, 0) is 9.53 Å². The van der Waals surface area contributed by atoms with E-state index in [1.807, 2.05) is 0 Å². The number of carbonyl (C=O) groups excluding carboxylic acids is 1. The number of rotatable bonds is 3. The predicted octanol–water partition coefficient (Wildman–Crippen LogP) is 3.45. The summed E-state index contributed by atoms with van der Waals surface area (Å²) in [6.45, 7) is 7.15. The van der Waals surface area contributed by atoms with Crippen LogP contribution in [0.5, 0.6) is 0 Å². The van der Waals surface area contributed by atoms with Gasteiger partial charge in [-0.05, 0) is 37.8 Å². The zero-order valence-electron chi connectivity index (χ0n) is 12.7. The molecule has 3 rings (SSSR count). The highest BCUT2D eigenvalue weighted by Gasteiger charge is 2.24. The number of hydrogen-bond acceptors (Lipinski definition) is 4. The van der Waals surface area contributed by atoms with Gasteiger partial charge in [0, 0.05) is 13.5 Å². The normalized spacial score (nSPS) is 18.3. The van der Waals surface area contributed by atoms with Crippen molar-refractivity contribution < 1.29 is 9.53 Å². The zero-order chi connectivity index (χ0) is 15.0. The number of anilines is 1. The molecule has 1 aliphatic rings. The highest BCUT2D eigenvalue weighted by Crippen LogP contribution is 2.33. The van der Waals surface area contributed by atoms with Crippen LogP contribution in [0.1, 0.15) is 30.9 Å². The molecule has 0 saturated carbocycles. The molecule has 21 heavy (non-hydrogen) atoms. The predicted molar refractivity (Wildman–Crippen MR) is 86.1 cm³/mol. The number of ether oxygens (including phenoxy) is 1. The molecule has 2 heterocycles. The number of aryl methyl sites for hydroxylation is 2. The third-order valence-electron chi connectivity index (χ3n) is 3.95. The minimum atomic E-state index is 0.0277. The van der Waals surface area contributed by atoms with E-state index >= 15 is 0 Å². The Balaban J connectivity index is 1.97. The van der Waals surface area contributed by atoms with E-state index in [0.29, 0.717) is 6.54 Å². The molecule has 1 aromatic heterocycles. The maximum absolute atomic E-state index is 12.0. The van der Waals surface area contributed by atoms with E-state index in [0.717, 1.165) is 35.7 Å². The topological polar surface area (TPSA) is 42.4 Å². The Labute approximate surface area is 128 Å². The molecule has 0 bridgehead atoms. The Kier molecular flexibility index (Phi) is 3.95. The highest BCUT2D eigenvalue weighted by atomic mass is 32.1. The SMILES string of the molecule is CC(=O)N(CC1CCCO1)c1nc2c(C)ccc(C)c2s1. The van der Waals surface area contributed by atoms with Gasteiger partial charge in [-0.15, -0.1) is 0 Å². The summed E-state index contributed by atoms with van der Waals surface area (Å²) in [5.74, 6) is 0.0277. The first kappa shape index (κ1) is 14.5. The lowest BCUT2D eigenvalue weighted by molar-refractivity contribution is -0.116. The Hall–Kier alpha value is -1.46. The molecule has 1 aromatic carbocycles. The van der Waals surface area contributed by atoms with E-state index in [-0.39, 0.29) is 12.0 Å². The van der Waals surface area contributed by atoms with E-state index in [1.54, 1.807) is 23.2 Å². The molecule has 0 spiro atoms. The molecule has 4 nitrogen and oxygen atoms in total. The van der Waals surface area contributed by atoms with Gasteiger partial charge in [0.05, 0.1) is 22.9 Å². The number of benzene rings is 1. The smallest absolute Gasteiger partial charge is 0.225 e. The van der Waals surface area contributed by atoms with E-state index in [4.69, 9.17) is 9.72 Å². The minimum Gasteiger partial charge on any atom is -0.376 e. The Morgan fingerprint density at radius 3 is 2.81 bits per heavy atom. The molecular weight excluding hydrogens is 284 g/mol. The van der Waals surface area contributed by atoms with Crippen LogP contribution >= 0.6 is 11.3 Å². The molecule has 0 N–H and O–H groups in total. The first-order chi connectivity index (χ1) is 10.1. The van der Waals surface area contributed by atoms with Crippen molar-refractivity contribution in [3.8, 4) is 0 Å². The maximum Gasteiger partial charge on any atom is 0.225 e. The number of hydrogen-bond donors (Lipinski definition) is 0. The van der Waals surface area contributed by atoms with Crippen LogP contribution in [0, 0.1) is 13.8 Å². The summed E-state index contributed by atoms with van der Waals surface area (Å²) in [4.78, 5) is 18.5. The van der Waals surface area contributed by atoms with E-state index < -0.39 is 0 Å². The average Bonchev–Trinajstić information content (AvgIpc) is 3.09. The number of thiazole rings is 1. The number of amides is 1. The number of aromatic nitrogens is 1. The largest absolute Gasteiger partial charge is 0.376 e. The highest BCUT2D eigenvalue weighted by molar-refractivity contribution is 7.22. The molecule has 5 heteroatoms. The maximum atomic E-state index is 12.0. The Bertz CT molecular complexity index is 635. The minimum absolute atomic E-state index is 0.0277. The van der Waals surface area contributed by atoms with Crippen molar-refractivity contribution in [2.45, 2.75) is 39.7 Å². The van der Waals surface area contributed by atoms with Crippen LogP contribution in [-0.4, -0.2) is 30.1 Å². The van der Waals surface area contributed by atoms with Gasteiger partial charge in [0.1, 0.15) is 0 Å². The third kappa shape index (κ3) is 2.80. The summed E-state index contributed by atoms with van der Waals surface area (Å²) < 4.78 is 6.83. The molecule has 1 atom stereocenters. The Morgan fingerprint density at radius 2 is 2.19 bits per heavy atom. The molecule has 0 radical (unpaired) electrons. The van der Waals surface area contributed by atoms with E-state index in [2.05, 4.69) is 26.0 Å². The fourth-order valence-electron chi connectivity index (χ4n) is 2.70. The second-order valence-corrected chi connectivity index (χ2v) is 6.62. The number of carbonyl (C=O) groups is 1. The van der Waals surface area contributed by atoms with Gasteiger partial charge in [-0.1, -0.05) is 23.5 Å². The quantitative estimate of drug-likeness (QED) is 0.872. The molecule has 2 aromatic rings. The lowest BCUT2D eigenvalue weighted by Crippen LogP contribution is -2.35. The third-order valence-corrected chi connectivity index (χ3v) is 5.17. The van der Waals surface area contributed by atoms with Crippen molar-refractivity contribution >= 4 is 32.6 Å². The zero-order valence-corrected chi connectivity index (χ0v) is 13.5. The molecule has 1 aliphatic heterocycles. The van der Waals surface area contributed by atoms with Crippen LogP contribution < -0.4 is 4.90 Å². The average molecular weight is 304 g/mol. The lowest BCUT2D eigenvalue weighted by atomic mass is 10.1. The van der Waals surface area contributed by atoms with Crippen molar-refractivity contribution in [2.75, 3.05) is 18.1 Å². The molecule has 1 fully saturated rings. The molecular formula is C16H20N2O2S. The van der Waals surface area contributed by atoms with Gasteiger partial charge in [0.2, 0.25) is 5.91 Å². The summed E-state index contributed by atoms with van der Waals surface area (Å²) in [7, 11) is 0. The molecule has 0 aliphatic carbocycles. The van der Waals surface area contributed by atoms with Crippen molar-refractivity contribution in [3.63, 3.8) is 0 Å². The van der Waals surface area contributed by atoms with Crippen molar-refractivity contribution in [1.82, 2.24) is 4.98 Å². The summed E-state index contributed by atoms with van der Waals surface area (Å²) in [6.07, 6.45) is 2.24. The first-order valence-corrected chi connectivity index (χ1v) is 8.14. The van der Waals surface area contributed by atoms with Gasteiger partial charge in [-0.25, -0.2) is 4.98 Å². The first-order valence-electron chi connectivity index (χ1n) is 7.32. The lowest BCUT2D eigenvalue weighted by Gasteiger charge is -2.21. The van der Waals surface area contributed by atoms with Crippen molar-refractivity contribution in [1.29, 1.82) is 0 Å². The van der Waals surface area contributed by atoms with Crippen LogP contribution in [0.4, 0.5) is 5.13 Å². The van der Waals surface area contributed by atoms with Crippen LogP contribution in [0.3, 0.4) is 0 Å². The van der Waals surface area contributed by atoms with Crippen molar-refractivity contribution in [2.24, 2.45) is 0 Å². The Morgan fingerprint density at radius 1 is 1.43 bits per heavy atom. The van der Waals surface area contributed by atoms with Crippen LogP contribution in [0.2, 0.25) is 0 Å². The fourth-order valence-corrected chi connectivity index (χ4v) is 3.86. The van der Waals surface area contributed by atoms with Crippen LogP contribution in [0.25, 0.3) is 10.2 Å². The monoisotopic (exact) mass is 304 g/mol. The van der Waals surface area contributed by atoms with Crippen LogP contribution in [0.15, 0.2) is 12.1 Å². The second-order valence-electron chi connectivity index (χ2n) is 5.64. The summed E-state index contributed by atoms with van der Waals surface area (Å²) in [6, 6.07) is 4.19.